The molecule has 0 aromatic carbocycles. The Bertz CT molecular complexity index is 468. The maximum Gasteiger partial charge on any atom is 0.287 e. The summed E-state index contributed by atoms with van der Waals surface area (Å²) in [6, 6.07) is 0. The molecule has 1 rings (SSSR count). The van der Waals surface area contributed by atoms with Gasteiger partial charge in [0.05, 0.1) is 11.9 Å². The normalized spacial score (nSPS) is 11.4. The van der Waals surface area contributed by atoms with E-state index in [1.807, 2.05) is 26.0 Å². The molecule has 6 heteroatoms. The van der Waals surface area contributed by atoms with Gasteiger partial charge in [0.2, 0.25) is 0 Å². The minimum absolute atomic E-state index is 0.173. The summed E-state index contributed by atoms with van der Waals surface area (Å²) < 4.78 is 1.38. The summed E-state index contributed by atoms with van der Waals surface area (Å²) in [5, 5.41) is 7.28. The Labute approximate surface area is 112 Å². The standard InChI is InChI=1S/C12H19ClN4O/c1-9(2)8-17-12(18)11(13)10(7-16-17)15-6-4-3-5-14/h3-4,7,9,15H,5-6,8,14H2,1-2H3/b4-3+. The van der Waals surface area contributed by atoms with Crippen molar-refractivity contribution in [2.45, 2.75) is 20.4 Å². The maximum absolute atomic E-state index is 11.9. The number of anilines is 1. The Balaban J connectivity index is 2.81. The van der Waals surface area contributed by atoms with Crippen molar-refractivity contribution in [3.05, 3.63) is 33.7 Å². The Hall–Kier alpha value is -1.33. The highest BCUT2D eigenvalue weighted by molar-refractivity contribution is 6.32. The molecule has 100 valence electrons. The lowest BCUT2D eigenvalue weighted by Gasteiger charge is -2.10. The van der Waals surface area contributed by atoms with Crippen LogP contribution in [-0.4, -0.2) is 22.9 Å². The van der Waals surface area contributed by atoms with Gasteiger partial charge in [0, 0.05) is 19.6 Å². The van der Waals surface area contributed by atoms with Crippen LogP contribution in [0.3, 0.4) is 0 Å². The summed E-state index contributed by atoms with van der Waals surface area (Å²) in [7, 11) is 0. The predicted octanol–water partition coefficient (Wildman–Crippen LogP) is 1.48. The quantitative estimate of drug-likeness (QED) is 0.768. The van der Waals surface area contributed by atoms with E-state index in [-0.39, 0.29) is 10.6 Å². The highest BCUT2D eigenvalue weighted by Crippen LogP contribution is 2.15. The molecular formula is C12H19ClN4O. The van der Waals surface area contributed by atoms with Crippen LogP contribution in [0, 0.1) is 5.92 Å². The first-order valence-electron chi connectivity index (χ1n) is 5.90. The lowest BCUT2D eigenvalue weighted by atomic mass is 10.2. The first kappa shape index (κ1) is 14.7. The Morgan fingerprint density at radius 3 is 2.89 bits per heavy atom. The van der Waals surface area contributed by atoms with Crippen molar-refractivity contribution in [2.24, 2.45) is 11.7 Å². The smallest absolute Gasteiger partial charge is 0.287 e. The van der Waals surface area contributed by atoms with Crippen LogP contribution in [0.25, 0.3) is 0 Å². The van der Waals surface area contributed by atoms with Crippen LogP contribution in [0.4, 0.5) is 5.69 Å². The minimum Gasteiger partial charge on any atom is -0.379 e. The van der Waals surface area contributed by atoms with Gasteiger partial charge in [-0.1, -0.05) is 37.6 Å². The molecule has 0 spiro atoms. The van der Waals surface area contributed by atoms with E-state index in [0.29, 0.717) is 31.2 Å². The summed E-state index contributed by atoms with van der Waals surface area (Å²) in [5.41, 5.74) is 5.60. The van der Waals surface area contributed by atoms with Crippen LogP contribution in [0.2, 0.25) is 5.02 Å². The molecule has 0 unspecified atom stereocenters. The number of nitrogens with one attached hydrogen (secondary N) is 1. The van der Waals surface area contributed by atoms with Crippen LogP contribution >= 0.6 is 11.6 Å². The van der Waals surface area contributed by atoms with Crippen LogP contribution in [0.5, 0.6) is 0 Å². The summed E-state index contributed by atoms with van der Waals surface area (Å²) >= 11 is 6.01. The van der Waals surface area contributed by atoms with Gasteiger partial charge in [0.25, 0.3) is 5.56 Å². The third-order valence-electron chi connectivity index (χ3n) is 2.24. The van der Waals surface area contributed by atoms with Crippen LogP contribution < -0.4 is 16.6 Å². The maximum atomic E-state index is 11.9. The summed E-state index contributed by atoms with van der Waals surface area (Å²) in [6.07, 6.45) is 5.27. The molecule has 0 fully saturated rings. The van der Waals surface area contributed by atoms with Crippen LogP contribution in [-0.2, 0) is 6.54 Å². The van der Waals surface area contributed by atoms with E-state index in [2.05, 4.69) is 10.4 Å². The molecule has 3 N–H and O–H groups in total. The molecule has 0 saturated heterocycles. The van der Waals surface area contributed by atoms with E-state index < -0.39 is 0 Å². The fraction of sp³-hybridized carbons (Fsp3) is 0.500. The molecule has 5 nitrogen and oxygen atoms in total. The molecule has 0 saturated carbocycles. The number of nitrogens with zero attached hydrogens (tertiary/aromatic N) is 2. The topological polar surface area (TPSA) is 72.9 Å². The molecular weight excluding hydrogens is 252 g/mol. The average Bonchev–Trinajstić information content (AvgIpc) is 2.32. The van der Waals surface area contributed by atoms with Crippen LogP contribution in [0.15, 0.2) is 23.1 Å². The first-order valence-corrected chi connectivity index (χ1v) is 6.28. The molecule has 1 heterocycles. The van der Waals surface area contributed by atoms with Crippen LogP contribution in [0.1, 0.15) is 13.8 Å². The largest absolute Gasteiger partial charge is 0.379 e. The second-order valence-electron chi connectivity index (χ2n) is 4.34. The summed E-state index contributed by atoms with van der Waals surface area (Å²) in [6.45, 7) is 5.65. The molecule has 1 aromatic rings. The van der Waals surface area contributed by atoms with Gasteiger partial charge in [0.1, 0.15) is 5.02 Å². The second kappa shape index (κ2) is 7.18. The highest BCUT2D eigenvalue weighted by Gasteiger charge is 2.09. The molecule has 0 amide bonds. The molecule has 0 aliphatic rings. The van der Waals surface area contributed by atoms with Crippen molar-refractivity contribution >= 4 is 17.3 Å². The fourth-order valence-corrected chi connectivity index (χ4v) is 1.63. The fourth-order valence-electron chi connectivity index (χ4n) is 1.41. The zero-order valence-electron chi connectivity index (χ0n) is 10.7. The van der Waals surface area contributed by atoms with Crippen molar-refractivity contribution in [1.82, 2.24) is 9.78 Å². The van der Waals surface area contributed by atoms with E-state index >= 15 is 0 Å². The monoisotopic (exact) mass is 270 g/mol. The first-order chi connectivity index (χ1) is 8.56. The zero-order chi connectivity index (χ0) is 13.5. The lowest BCUT2D eigenvalue weighted by molar-refractivity contribution is 0.464. The predicted molar refractivity (Wildman–Crippen MR) is 75.0 cm³/mol. The van der Waals surface area contributed by atoms with Gasteiger partial charge in [-0.2, -0.15) is 5.10 Å². The van der Waals surface area contributed by atoms with Crippen molar-refractivity contribution in [2.75, 3.05) is 18.4 Å². The minimum atomic E-state index is -0.266. The number of aromatic nitrogens is 2. The van der Waals surface area contributed by atoms with Gasteiger partial charge in [0.15, 0.2) is 0 Å². The number of hydrogen-bond donors (Lipinski definition) is 2. The second-order valence-corrected chi connectivity index (χ2v) is 4.72. The Kier molecular flexibility index (Phi) is 5.88. The number of nitrogens with two attached hydrogens (primary N) is 1. The van der Waals surface area contributed by atoms with Crippen molar-refractivity contribution in [3.63, 3.8) is 0 Å². The Morgan fingerprint density at radius 1 is 1.56 bits per heavy atom. The molecule has 0 atom stereocenters. The Morgan fingerprint density at radius 2 is 2.28 bits per heavy atom. The molecule has 0 aliphatic carbocycles. The molecule has 18 heavy (non-hydrogen) atoms. The summed E-state index contributed by atoms with van der Waals surface area (Å²) in [5.74, 6) is 0.345. The lowest BCUT2D eigenvalue weighted by Crippen LogP contribution is -2.26. The molecule has 0 bridgehead atoms. The van der Waals surface area contributed by atoms with Crippen molar-refractivity contribution in [1.29, 1.82) is 0 Å². The summed E-state index contributed by atoms with van der Waals surface area (Å²) in [4.78, 5) is 11.9. The number of hydrogen-bond acceptors (Lipinski definition) is 4. The van der Waals surface area contributed by atoms with Gasteiger partial charge in [-0.15, -0.1) is 0 Å². The molecule has 1 aromatic heterocycles. The highest BCUT2D eigenvalue weighted by atomic mass is 35.5. The van der Waals surface area contributed by atoms with Gasteiger partial charge in [-0.25, -0.2) is 4.68 Å². The van der Waals surface area contributed by atoms with Gasteiger partial charge in [-0.3, -0.25) is 4.79 Å². The molecule has 0 aliphatic heterocycles. The number of rotatable bonds is 6. The third-order valence-corrected chi connectivity index (χ3v) is 2.60. The van der Waals surface area contributed by atoms with E-state index in [1.54, 1.807) is 6.20 Å². The van der Waals surface area contributed by atoms with Crippen molar-refractivity contribution in [3.8, 4) is 0 Å². The number of halogens is 1. The van der Waals surface area contributed by atoms with Gasteiger partial charge in [-0.05, 0) is 5.92 Å². The van der Waals surface area contributed by atoms with E-state index in [0.717, 1.165) is 0 Å². The van der Waals surface area contributed by atoms with Gasteiger partial charge < -0.3 is 11.1 Å². The molecule has 0 radical (unpaired) electrons. The van der Waals surface area contributed by atoms with Crippen molar-refractivity contribution < 1.29 is 0 Å². The average molecular weight is 271 g/mol. The van der Waals surface area contributed by atoms with E-state index in [9.17, 15) is 4.79 Å². The van der Waals surface area contributed by atoms with E-state index in [4.69, 9.17) is 17.3 Å². The van der Waals surface area contributed by atoms with E-state index in [1.165, 1.54) is 4.68 Å². The van der Waals surface area contributed by atoms with Gasteiger partial charge >= 0.3 is 0 Å². The zero-order valence-corrected chi connectivity index (χ0v) is 11.4. The SMILES string of the molecule is CC(C)Cn1ncc(NC/C=C/CN)c(Cl)c1=O. The third kappa shape index (κ3) is 4.16.